The lowest BCUT2D eigenvalue weighted by atomic mass is 10.0. The Morgan fingerprint density at radius 1 is 1.50 bits per heavy atom. The van der Waals surface area contributed by atoms with Crippen molar-refractivity contribution in [1.29, 1.82) is 0 Å². The van der Waals surface area contributed by atoms with Gasteiger partial charge in [0.15, 0.2) is 0 Å². The molecule has 0 aliphatic carbocycles. The van der Waals surface area contributed by atoms with Crippen LogP contribution < -0.4 is 10.6 Å². The zero-order valence-corrected chi connectivity index (χ0v) is 9.88. The Kier molecular flexibility index (Phi) is 2.38. The first-order chi connectivity index (χ1) is 8.70. The van der Waals surface area contributed by atoms with Gasteiger partial charge < -0.3 is 15.2 Å². The van der Waals surface area contributed by atoms with Gasteiger partial charge in [0.25, 0.3) is 0 Å². The summed E-state index contributed by atoms with van der Waals surface area (Å²) in [4.78, 5) is 17.6. The van der Waals surface area contributed by atoms with Crippen LogP contribution in [0.3, 0.4) is 0 Å². The summed E-state index contributed by atoms with van der Waals surface area (Å²) in [5.74, 6) is 0.940. The molecule has 2 N–H and O–H groups in total. The van der Waals surface area contributed by atoms with E-state index in [-0.39, 0.29) is 12.5 Å². The van der Waals surface area contributed by atoms with E-state index in [1.54, 1.807) is 11.9 Å². The van der Waals surface area contributed by atoms with Crippen LogP contribution in [-0.2, 0) is 17.8 Å². The van der Waals surface area contributed by atoms with Crippen molar-refractivity contribution in [2.45, 2.75) is 13.0 Å². The number of nitrogens with zero attached hydrogens (tertiary/aromatic N) is 3. The van der Waals surface area contributed by atoms with E-state index in [2.05, 4.69) is 10.1 Å². The topological polar surface area (TPSA) is 85.2 Å². The highest BCUT2D eigenvalue weighted by Gasteiger charge is 2.27. The lowest BCUT2D eigenvalue weighted by Gasteiger charge is -2.10. The molecule has 2 heterocycles. The van der Waals surface area contributed by atoms with Crippen molar-refractivity contribution in [3.05, 3.63) is 29.7 Å². The van der Waals surface area contributed by atoms with Gasteiger partial charge in [-0.25, -0.2) is 0 Å². The van der Waals surface area contributed by atoms with Crippen LogP contribution in [0.2, 0.25) is 0 Å². The van der Waals surface area contributed by atoms with E-state index in [1.807, 2.05) is 18.2 Å². The van der Waals surface area contributed by atoms with Crippen LogP contribution in [0.5, 0.6) is 0 Å². The second kappa shape index (κ2) is 3.92. The summed E-state index contributed by atoms with van der Waals surface area (Å²) < 4.78 is 5.00. The summed E-state index contributed by atoms with van der Waals surface area (Å²) in [7, 11) is 1.76. The van der Waals surface area contributed by atoms with Crippen LogP contribution in [0, 0.1) is 0 Å². The number of aromatic nitrogens is 2. The van der Waals surface area contributed by atoms with Crippen LogP contribution in [0.4, 0.5) is 5.69 Å². The highest BCUT2D eigenvalue weighted by Crippen LogP contribution is 2.34. The summed E-state index contributed by atoms with van der Waals surface area (Å²) in [6.45, 7) is 0.209. The molecule has 0 bridgehead atoms. The van der Waals surface area contributed by atoms with E-state index in [0.717, 1.165) is 16.8 Å². The third kappa shape index (κ3) is 1.50. The molecule has 3 rings (SSSR count). The van der Waals surface area contributed by atoms with Gasteiger partial charge >= 0.3 is 0 Å². The molecule has 1 aromatic heterocycles. The molecule has 0 spiro atoms. The van der Waals surface area contributed by atoms with Gasteiger partial charge in [-0.05, 0) is 11.6 Å². The third-order valence-electron chi connectivity index (χ3n) is 3.10. The minimum Gasteiger partial charge on any atom is -0.338 e. The van der Waals surface area contributed by atoms with Gasteiger partial charge in [-0.1, -0.05) is 17.3 Å². The van der Waals surface area contributed by atoms with E-state index in [9.17, 15) is 4.79 Å². The van der Waals surface area contributed by atoms with Gasteiger partial charge in [0, 0.05) is 18.3 Å². The average molecular weight is 244 g/mol. The maximum Gasteiger partial charge on any atom is 0.240 e. The number of fused-ring (bicyclic) bond motifs is 1. The van der Waals surface area contributed by atoms with Crippen molar-refractivity contribution in [3.63, 3.8) is 0 Å². The standard InChI is InChI=1S/C12H12N4O2/c1-16-9-4-2-3-7(8(9)5-11(16)17)12-14-10(6-13)18-15-12/h2-4H,5-6,13H2,1H3. The van der Waals surface area contributed by atoms with Crippen molar-refractivity contribution < 1.29 is 9.32 Å². The largest absolute Gasteiger partial charge is 0.338 e. The monoisotopic (exact) mass is 244 g/mol. The average Bonchev–Trinajstić information content (AvgIpc) is 2.96. The molecular formula is C12H12N4O2. The van der Waals surface area contributed by atoms with E-state index >= 15 is 0 Å². The van der Waals surface area contributed by atoms with Crippen molar-refractivity contribution in [3.8, 4) is 11.4 Å². The Morgan fingerprint density at radius 2 is 2.33 bits per heavy atom. The number of carbonyl (C=O) groups excluding carboxylic acids is 1. The van der Waals surface area contributed by atoms with Gasteiger partial charge in [0.05, 0.1) is 13.0 Å². The smallest absolute Gasteiger partial charge is 0.240 e. The minimum absolute atomic E-state index is 0.0694. The second-order valence-corrected chi connectivity index (χ2v) is 4.15. The molecule has 92 valence electrons. The van der Waals surface area contributed by atoms with Crippen LogP contribution >= 0.6 is 0 Å². The number of amides is 1. The van der Waals surface area contributed by atoms with Gasteiger partial charge in [0.1, 0.15) is 0 Å². The summed E-state index contributed by atoms with van der Waals surface area (Å²) in [5, 5.41) is 3.89. The molecule has 2 aromatic rings. The predicted octanol–water partition coefficient (Wildman–Crippen LogP) is 0.714. The maximum absolute atomic E-state index is 11.7. The van der Waals surface area contributed by atoms with Gasteiger partial charge in [-0.3, -0.25) is 4.79 Å². The third-order valence-corrected chi connectivity index (χ3v) is 3.10. The Hall–Kier alpha value is -2.21. The van der Waals surface area contributed by atoms with E-state index in [0.29, 0.717) is 18.1 Å². The summed E-state index contributed by atoms with van der Waals surface area (Å²) in [6.07, 6.45) is 0.370. The van der Waals surface area contributed by atoms with Gasteiger partial charge in [0.2, 0.25) is 17.6 Å². The molecule has 18 heavy (non-hydrogen) atoms. The van der Waals surface area contributed by atoms with E-state index < -0.39 is 0 Å². The van der Waals surface area contributed by atoms with Crippen LogP contribution in [-0.4, -0.2) is 23.1 Å². The molecule has 6 heteroatoms. The van der Waals surface area contributed by atoms with Crippen LogP contribution in [0.25, 0.3) is 11.4 Å². The highest BCUT2D eigenvalue weighted by atomic mass is 16.5. The first-order valence-electron chi connectivity index (χ1n) is 5.62. The Balaban J connectivity index is 2.12. The molecule has 1 aliphatic rings. The quantitative estimate of drug-likeness (QED) is 0.841. The second-order valence-electron chi connectivity index (χ2n) is 4.15. The highest BCUT2D eigenvalue weighted by molar-refractivity contribution is 6.03. The summed E-state index contributed by atoms with van der Waals surface area (Å²) >= 11 is 0. The number of benzene rings is 1. The zero-order chi connectivity index (χ0) is 12.7. The molecule has 0 fully saturated rings. The predicted molar refractivity (Wildman–Crippen MR) is 64.7 cm³/mol. The maximum atomic E-state index is 11.7. The number of anilines is 1. The molecule has 1 amide bonds. The van der Waals surface area contributed by atoms with E-state index in [1.165, 1.54) is 0 Å². The number of rotatable bonds is 2. The molecule has 0 saturated heterocycles. The van der Waals surface area contributed by atoms with Crippen LogP contribution in [0.1, 0.15) is 11.5 Å². The molecule has 0 radical (unpaired) electrons. The molecule has 0 atom stereocenters. The van der Waals surface area contributed by atoms with Crippen molar-refractivity contribution in [1.82, 2.24) is 10.1 Å². The molecular weight excluding hydrogens is 232 g/mol. The van der Waals surface area contributed by atoms with Gasteiger partial charge in [-0.15, -0.1) is 0 Å². The fourth-order valence-corrected chi connectivity index (χ4v) is 2.14. The lowest BCUT2D eigenvalue weighted by Crippen LogP contribution is -2.20. The molecule has 0 saturated carbocycles. The van der Waals surface area contributed by atoms with Crippen molar-refractivity contribution in [2.24, 2.45) is 5.73 Å². The molecule has 0 unspecified atom stereocenters. The van der Waals surface area contributed by atoms with E-state index in [4.69, 9.17) is 10.3 Å². The Morgan fingerprint density at radius 3 is 3.06 bits per heavy atom. The summed E-state index contributed by atoms with van der Waals surface area (Å²) in [6, 6.07) is 5.67. The number of hydrogen-bond acceptors (Lipinski definition) is 5. The number of hydrogen-bond donors (Lipinski definition) is 1. The van der Waals surface area contributed by atoms with Gasteiger partial charge in [-0.2, -0.15) is 4.98 Å². The molecule has 6 nitrogen and oxygen atoms in total. The van der Waals surface area contributed by atoms with Crippen molar-refractivity contribution in [2.75, 3.05) is 11.9 Å². The first-order valence-corrected chi connectivity index (χ1v) is 5.62. The van der Waals surface area contributed by atoms with Crippen LogP contribution in [0.15, 0.2) is 22.7 Å². The summed E-state index contributed by atoms with van der Waals surface area (Å²) in [5.41, 5.74) is 8.11. The molecule has 1 aliphatic heterocycles. The minimum atomic E-state index is 0.0694. The van der Waals surface area contributed by atoms with Crippen molar-refractivity contribution >= 4 is 11.6 Å². The first kappa shape index (κ1) is 10.9. The number of carbonyl (C=O) groups is 1. The number of likely N-dealkylation sites (N-methyl/N-ethyl adjacent to an activating group) is 1. The zero-order valence-electron chi connectivity index (χ0n) is 9.88. The molecule has 1 aromatic carbocycles. The fourth-order valence-electron chi connectivity index (χ4n) is 2.14. The Bertz CT molecular complexity index is 620. The Labute approximate surface area is 103 Å². The number of nitrogens with two attached hydrogens (primary N) is 1. The lowest BCUT2D eigenvalue weighted by molar-refractivity contribution is -0.117. The normalized spacial score (nSPS) is 14.1. The SMILES string of the molecule is CN1C(=O)Cc2c(-c3noc(CN)n3)cccc21. The fraction of sp³-hybridized carbons (Fsp3) is 0.250.